The first kappa shape index (κ1) is 22.0. The van der Waals surface area contributed by atoms with E-state index in [0.717, 1.165) is 50.3 Å². The molecule has 5 nitrogen and oxygen atoms in total. The lowest BCUT2D eigenvalue weighted by atomic mass is 9.92. The lowest BCUT2D eigenvalue weighted by molar-refractivity contribution is -0.118. The van der Waals surface area contributed by atoms with E-state index in [4.69, 9.17) is 4.74 Å². The number of hydrogen-bond donors (Lipinski definition) is 2. The van der Waals surface area contributed by atoms with Gasteiger partial charge in [-0.15, -0.1) is 24.8 Å². The molecule has 1 aromatic rings. The van der Waals surface area contributed by atoms with E-state index in [9.17, 15) is 4.79 Å². The fraction of sp³-hybridized carbons (Fsp3) is 0.611. The van der Waals surface area contributed by atoms with E-state index in [1.54, 1.807) is 0 Å². The van der Waals surface area contributed by atoms with Gasteiger partial charge in [0.15, 0.2) is 0 Å². The van der Waals surface area contributed by atoms with Gasteiger partial charge in [0.1, 0.15) is 12.4 Å². The molecule has 142 valence electrons. The Hall–Kier alpha value is -1.01. The van der Waals surface area contributed by atoms with Crippen molar-refractivity contribution in [2.75, 3.05) is 45.7 Å². The monoisotopic (exact) mass is 389 g/mol. The highest BCUT2D eigenvalue weighted by atomic mass is 35.5. The molecule has 7 heteroatoms. The normalized spacial score (nSPS) is 20.4. The molecule has 0 bridgehead atoms. The van der Waals surface area contributed by atoms with Crippen LogP contribution in [-0.4, -0.2) is 51.1 Å². The summed E-state index contributed by atoms with van der Waals surface area (Å²) >= 11 is 0. The van der Waals surface area contributed by atoms with E-state index in [1.807, 2.05) is 38.4 Å². The Morgan fingerprint density at radius 2 is 2.04 bits per heavy atom. The van der Waals surface area contributed by atoms with Gasteiger partial charge in [-0.3, -0.25) is 4.79 Å². The van der Waals surface area contributed by atoms with Gasteiger partial charge in [-0.1, -0.05) is 6.07 Å². The molecule has 1 saturated heterocycles. The van der Waals surface area contributed by atoms with Gasteiger partial charge in [0, 0.05) is 24.2 Å². The number of amides is 1. The van der Waals surface area contributed by atoms with E-state index in [2.05, 4.69) is 15.5 Å². The summed E-state index contributed by atoms with van der Waals surface area (Å²) in [5.74, 6) is 1.15. The quantitative estimate of drug-likeness (QED) is 0.785. The number of rotatable bonds is 6. The topological polar surface area (TPSA) is 53.6 Å². The second-order valence-corrected chi connectivity index (χ2v) is 7.04. The highest BCUT2D eigenvalue weighted by Gasteiger charge is 2.57. The minimum absolute atomic E-state index is 0. The largest absolute Gasteiger partial charge is 0.492 e. The summed E-state index contributed by atoms with van der Waals surface area (Å²) in [5, 5.41) is 6.44. The molecular formula is C18H29Cl2N3O2. The second-order valence-electron chi connectivity index (χ2n) is 7.04. The molecule has 25 heavy (non-hydrogen) atoms. The number of benzene rings is 1. The van der Waals surface area contributed by atoms with Gasteiger partial charge in [-0.05, 0) is 64.0 Å². The minimum Gasteiger partial charge on any atom is -0.492 e. The molecule has 2 N–H and O–H groups in total. The van der Waals surface area contributed by atoms with Crippen molar-refractivity contribution < 1.29 is 9.53 Å². The molecule has 1 aliphatic heterocycles. The van der Waals surface area contributed by atoms with Crippen LogP contribution in [0.15, 0.2) is 24.3 Å². The van der Waals surface area contributed by atoms with Crippen molar-refractivity contribution in [3.63, 3.8) is 0 Å². The first-order chi connectivity index (χ1) is 11.1. The molecule has 1 aromatic carbocycles. The third-order valence-corrected chi connectivity index (χ3v) is 5.01. The smallest absolute Gasteiger partial charge is 0.228 e. The zero-order chi connectivity index (χ0) is 16.3. The van der Waals surface area contributed by atoms with Crippen LogP contribution in [0.3, 0.4) is 0 Å². The molecule has 1 unspecified atom stereocenters. The summed E-state index contributed by atoms with van der Waals surface area (Å²) in [6.07, 6.45) is 3.29. The number of halogens is 2. The first-order valence-corrected chi connectivity index (χ1v) is 8.48. The average molecular weight is 390 g/mol. The molecule has 0 radical (unpaired) electrons. The van der Waals surface area contributed by atoms with Crippen LogP contribution in [0.2, 0.25) is 0 Å². The van der Waals surface area contributed by atoms with Crippen LogP contribution in [0.5, 0.6) is 5.75 Å². The van der Waals surface area contributed by atoms with Crippen LogP contribution in [-0.2, 0) is 4.79 Å². The van der Waals surface area contributed by atoms with Crippen LogP contribution in [0.25, 0.3) is 0 Å². The van der Waals surface area contributed by atoms with Gasteiger partial charge >= 0.3 is 0 Å². The van der Waals surface area contributed by atoms with E-state index in [1.165, 1.54) is 0 Å². The molecule has 2 aliphatic rings. The lowest BCUT2D eigenvalue weighted by Gasteiger charge is -2.23. The van der Waals surface area contributed by atoms with Crippen LogP contribution in [0.4, 0.5) is 5.69 Å². The van der Waals surface area contributed by atoms with Gasteiger partial charge < -0.3 is 20.3 Å². The maximum absolute atomic E-state index is 12.5. The van der Waals surface area contributed by atoms with E-state index >= 15 is 0 Å². The SMILES string of the molecule is CN(C)CCOc1cccc(NC(=O)C2CC23CCNCC3)c1.Cl.Cl. The third-order valence-electron chi connectivity index (χ3n) is 5.01. The molecule has 1 aliphatic carbocycles. The van der Waals surface area contributed by atoms with Crippen LogP contribution in [0, 0.1) is 11.3 Å². The summed E-state index contributed by atoms with van der Waals surface area (Å²) in [6, 6.07) is 7.68. The number of hydrogen-bond acceptors (Lipinski definition) is 4. The zero-order valence-electron chi connectivity index (χ0n) is 14.9. The summed E-state index contributed by atoms with van der Waals surface area (Å²) in [6.45, 7) is 3.59. The molecule has 1 saturated carbocycles. The van der Waals surface area contributed by atoms with Crippen LogP contribution >= 0.6 is 24.8 Å². The fourth-order valence-electron chi connectivity index (χ4n) is 3.43. The highest BCUT2D eigenvalue weighted by molar-refractivity contribution is 5.95. The van der Waals surface area contributed by atoms with Crippen molar-refractivity contribution in [3.8, 4) is 5.75 Å². The van der Waals surface area contributed by atoms with Crippen molar-refractivity contribution in [1.82, 2.24) is 10.2 Å². The predicted molar refractivity (Wildman–Crippen MR) is 106 cm³/mol. The fourth-order valence-corrected chi connectivity index (χ4v) is 3.43. The highest BCUT2D eigenvalue weighted by Crippen LogP contribution is 2.58. The van der Waals surface area contributed by atoms with Crippen molar-refractivity contribution in [2.45, 2.75) is 19.3 Å². The number of nitrogens with zero attached hydrogens (tertiary/aromatic N) is 1. The number of likely N-dealkylation sites (N-methyl/N-ethyl adjacent to an activating group) is 1. The number of carbonyl (C=O) groups is 1. The van der Waals surface area contributed by atoms with Crippen LogP contribution in [0.1, 0.15) is 19.3 Å². The number of nitrogens with one attached hydrogen (secondary N) is 2. The van der Waals surface area contributed by atoms with Gasteiger partial charge in [-0.25, -0.2) is 0 Å². The minimum atomic E-state index is 0. The van der Waals surface area contributed by atoms with Gasteiger partial charge in [0.05, 0.1) is 0 Å². The molecule has 1 heterocycles. The lowest BCUT2D eigenvalue weighted by Crippen LogP contribution is -2.31. The Kier molecular flexibility index (Phi) is 8.48. The summed E-state index contributed by atoms with van der Waals surface area (Å²) < 4.78 is 5.72. The Balaban J connectivity index is 0.00000156. The number of anilines is 1. The Morgan fingerprint density at radius 1 is 1.32 bits per heavy atom. The number of carbonyl (C=O) groups excluding carboxylic acids is 1. The van der Waals surface area contributed by atoms with Crippen molar-refractivity contribution >= 4 is 36.4 Å². The predicted octanol–water partition coefficient (Wildman–Crippen LogP) is 2.80. The van der Waals surface area contributed by atoms with Gasteiger partial charge in [0.2, 0.25) is 5.91 Å². The Bertz CT molecular complexity index is 563. The Labute approximate surface area is 162 Å². The average Bonchev–Trinajstić information content (AvgIpc) is 3.21. The number of piperidine rings is 1. The third kappa shape index (κ3) is 5.74. The molecular weight excluding hydrogens is 361 g/mol. The molecule has 0 aromatic heterocycles. The van der Waals surface area contributed by atoms with Crippen LogP contribution < -0.4 is 15.4 Å². The van der Waals surface area contributed by atoms with E-state index in [0.29, 0.717) is 6.61 Å². The van der Waals surface area contributed by atoms with Crippen molar-refractivity contribution in [1.29, 1.82) is 0 Å². The number of ether oxygens (including phenoxy) is 1. The summed E-state index contributed by atoms with van der Waals surface area (Å²) in [5.41, 5.74) is 1.10. The van der Waals surface area contributed by atoms with Crippen molar-refractivity contribution in [3.05, 3.63) is 24.3 Å². The standard InChI is InChI=1S/C18H27N3O2.2ClH/c1-21(2)10-11-23-15-5-3-4-14(12-15)20-17(22)16-13-18(16)6-8-19-9-7-18;;/h3-5,12,16,19H,6-11,13H2,1-2H3,(H,20,22);2*1H. The molecule has 1 spiro atoms. The van der Waals surface area contributed by atoms with Gasteiger partial charge in [-0.2, -0.15) is 0 Å². The Morgan fingerprint density at radius 3 is 2.72 bits per heavy atom. The first-order valence-electron chi connectivity index (χ1n) is 8.48. The van der Waals surface area contributed by atoms with E-state index < -0.39 is 0 Å². The second kappa shape index (κ2) is 9.62. The summed E-state index contributed by atoms with van der Waals surface area (Å²) in [7, 11) is 4.04. The molecule has 3 rings (SSSR count). The summed E-state index contributed by atoms with van der Waals surface area (Å²) in [4.78, 5) is 14.6. The maximum Gasteiger partial charge on any atom is 0.228 e. The van der Waals surface area contributed by atoms with Gasteiger partial charge in [0.25, 0.3) is 0 Å². The molecule has 1 atom stereocenters. The maximum atomic E-state index is 12.5. The molecule has 2 fully saturated rings. The van der Waals surface area contributed by atoms with Crippen molar-refractivity contribution in [2.24, 2.45) is 11.3 Å². The zero-order valence-corrected chi connectivity index (χ0v) is 16.5. The van der Waals surface area contributed by atoms with E-state index in [-0.39, 0.29) is 42.1 Å². The molecule has 1 amide bonds.